The number of rotatable bonds is 2. The van der Waals surface area contributed by atoms with Gasteiger partial charge in [-0.3, -0.25) is 0 Å². The number of hydrogen-bond acceptors (Lipinski definition) is 1. The molecule has 50 valence electrons. The Morgan fingerprint density at radius 3 is 2.00 bits per heavy atom. The van der Waals surface area contributed by atoms with Crippen LogP contribution in [0.25, 0.3) is 0 Å². The van der Waals surface area contributed by atoms with E-state index in [1.165, 1.54) is 13.8 Å². The minimum absolute atomic E-state index is 0.247. The smallest absolute Gasteiger partial charge is 0.145 e. The van der Waals surface area contributed by atoms with Gasteiger partial charge in [-0.15, -0.1) is 0 Å². The van der Waals surface area contributed by atoms with Crippen LogP contribution in [0, 0.1) is 0 Å². The van der Waals surface area contributed by atoms with Crippen LogP contribution in [-0.2, 0) is 0 Å². The van der Waals surface area contributed by atoms with E-state index < -0.39 is 11.8 Å². The molecule has 0 heterocycles. The summed E-state index contributed by atoms with van der Waals surface area (Å²) in [4.78, 5) is 0. The maximum atomic E-state index is 12.3. The van der Waals surface area contributed by atoms with Crippen molar-refractivity contribution in [2.75, 3.05) is 6.54 Å². The average Bonchev–Trinajstić information content (AvgIpc) is 1.62. The second-order valence-corrected chi connectivity index (χ2v) is 2.27. The minimum Gasteiger partial charge on any atom is -0.328 e. The Balaban J connectivity index is 3.62. The van der Waals surface area contributed by atoms with E-state index in [4.69, 9.17) is 5.73 Å². The molecule has 1 atom stereocenters. The number of halogens is 2. The van der Waals surface area contributed by atoms with Crippen LogP contribution in [0.15, 0.2) is 0 Å². The molecular formula is C5H11F2N. The summed E-state index contributed by atoms with van der Waals surface area (Å²) in [6.45, 7) is 2.10. The molecule has 0 aromatic carbocycles. The molecule has 0 aromatic rings. The molecule has 3 heteroatoms. The van der Waals surface area contributed by atoms with E-state index in [0.29, 0.717) is 0 Å². The topological polar surface area (TPSA) is 26.0 Å². The van der Waals surface area contributed by atoms with E-state index in [1.54, 1.807) is 0 Å². The van der Waals surface area contributed by atoms with Gasteiger partial charge in [-0.2, -0.15) is 0 Å². The molecule has 0 spiro atoms. The third-order valence-electron chi connectivity index (χ3n) is 0.952. The molecule has 0 bridgehead atoms. The van der Waals surface area contributed by atoms with Crippen LogP contribution in [0.5, 0.6) is 0 Å². The SMILES string of the molecule is CC(C)(F)[C@@H](F)CN. The predicted molar refractivity (Wildman–Crippen MR) is 29.1 cm³/mol. The van der Waals surface area contributed by atoms with E-state index in [2.05, 4.69) is 0 Å². The van der Waals surface area contributed by atoms with Gasteiger partial charge >= 0.3 is 0 Å². The minimum atomic E-state index is -1.78. The first kappa shape index (κ1) is 7.82. The maximum absolute atomic E-state index is 12.3. The normalized spacial score (nSPS) is 16.1. The van der Waals surface area contributed by atoms with Crippen molar-refractivity contribution in [2.45, 2.75) is 25.7 Å². The zero-order valence-electron chi connectivity index (χ0n) is 5.12. The summed E-state index contributed by atoms with van der Waals surface area (Å²) < 4.78 is 24.5. The van der Waals surface area contributed by atoms with Crippen LogP contribution >= 0.6 is 0 Å². The summed E-state index contributed by atoms with van der Waals surface area (Å²) in [5.41, 5.74) is 3.06. The first-order chi connectivity index (χ1) is 3.48. The molecule has 2 N–H and O–H groups in total. The van der Waals surface area contributed by atoms with E-state index in [9.17, 15) is 8.78 Å². The molecule has 0 fully saturated rings. The van der Waals surface area contributed by atoms with Gasteiger partial charge in [-0.1, -0.05) is 0 Å². The monoisotopic (exact) mass is 123 g/mol. The lowest BCUT2D eigenvalue weighted by atomic mass is 10.1. The molecule has 0 aliphatic rings. The molecule has 1 nitrogen and oxygen atoms in total. The van der Waals surface area contributed by atoms with E-state index >= 15 is 0 Å². The van der Waals surface area contributed by atoms with Crippen molar-refractivity contribution in [1.29, 1.82) is 0 Å². The summed E-state index contributed by atoms with van der Waals surface area (Å²) in [6.07, 6.45) is -1.54. The fraction of sp³-hybridized carbons (Fsp3) is 1.00. The first-order valence-electron chi connectivity index (χ1n) is 2.51. The van der Waals surface area contributed by atoms with Gasteiger partial charge in [0.1, 0.15) is 11.8 Å². The Labute approximate surface area is 47.9 Å². The number of alkyl halides is 2. The first-order valence-corrected chi connectivity index (χ1v) is 2.51. The van der Waals surface area contributed by atoms with E-state index in [-0.39, 0.29) is 6.54 Å². The van der Waals surface area contributed by atoms with Crippen LogP contribution in [0.3, 0.4) is 0 Å². The average molecular weight is 123 g/mol. The Morgan fingerprint density at radius 2 is 2.00 bits per heavy atom. The highest BCUT2D eigenvalue weighted by Gasteiger charge is 2.26. The second kappa shape index (κ2) is 2.40. The summed E-state index contributed by atoms with van der Waals surface area (Å²) in [6, 6.07) is 0. The fourth-order valence-electron chi connectivity index (χ4n) is 0.280. The van der Waals surface area contributed by atoms with Crippen LogP contribution in [0.1, 0.15) is 13.8 Å². The van der Waals surface area contributed by atoms with Crippen molar-refractivity contribution >= 4 is 0 Å². The number of hydrogen-bond donors (Lipinski definition) is 1. The van der Waals surface area contributed by atoms with Crippen LogP contribution in [0.2, 0.25) is 0 Å². The third-order valence-corrected chi connectivity index (χ3v) is 0.952. The van der Waals surface area contributed by atoms with Crippen LogP contribution in [-0.4, -0.2) is 18.4 Å². The second-order valence-electron chi connectivity index (χ2n) is 2.27. The van der Waals surface area contributed by atoms with Gasteiger partial charge in [0.25, 0.3) is 0 Å². The number of nitrogens with two attached hydrogens (primary N) is 1. The molecule has 0 aliphatic carbocycles. The summed E-state index contributed by atoms with van der Waals surface area (Å²) in [5.74, 6) is 0. The summed E-state index contributed by atoms with van der Waals surface area (Å²) in [7, 11) is 0. The lowest BCUT2D eigenvalue weighted by Crippen LogP contribution is -2.33. The Bertz CT molecular complexity index is 67.3. The molecular weight excluding hydrogens is 112 g/mol. The highest BCUT2D eigenvalue weighted by Crippen LogP contribution is 2.15. The summed E-state index contributed by atoms with van der Waals surface area (Å²) in [5, 5.41) is 0. The van der Waals surface area contributed by atoms with E-state index in [1.807, 2.05) is 0 Å². The maximum Gasteiger partial charge on any atom is 0.145 e. The Hall–Kier alpha value is -0.180. The quantitative estimate of drug-likeness (QED) is 0.583. The van der Waals surface area contributed by atoms with Crippen molar-refractivity contribution in [1.82, 2.24) is 0 Å². The van der Waals surface area contributed by atoms with Gasteiger partial charge in [0, 0.05) is 6.54 Å². The van der Waals surface area contributed by atoms with Crippen molar-refractivity contribution < 1.29 is 8.78 Å². The fourth-order valence-corrected chi connectivity index (χ4v) is 0.280. The summed E-state index contributed by atoms with van der Waals surface area (Å²) >= 11 is 0. The largest absolute Gasteiger partial charge is 0.328 e. The molecule has 0 amide bonds. The third kappa shape index (κ3) is 2.21. The van der Waals surface area contributed by atoms with Gasteiger partial charge in [0.05, 0.1) is 0 Å². The van der Waals surface area contributed by atoms with Gasteiger partial charge in [-0.05, 0) is 13.8 Å². The zero-order chi connectivity index (χ0) is 6.78. The standard InChI is InChI=1S/C5H11F2N/c1-5(2,7)4(6)3-8/h4H,3,8H2,1-2H3/t4-/m0/s1. The molecule has 0 aromatic heterocycles. The lowest BCUT2D eigenvalue weighted by Gasteiger charge is -2.16. The Morgan fingerprint density at radius 1 is 1.62 bits per heavy atom. The van der Waals surface area contributed by atoms with Crippen molar-refractivity contribution in [2.24, 2.45) is 5.73 Å². The van der Waals surface area contributed by atoms with Crippen molar-refractivity contribution in [3.8, 4) is 0 Å². The van der Waals surface area contributed by atoms with E-state index in [0.717, 1.165) is 0 Å². The highest BCUT2D eigenvalue weighted by atomic mass is 19.2. The molecule has 0 rings (SSSR count). The molecule has 0 radical (unpaired) electrons. The molecule has 0 aliphatic heterocycles. The highest BCUT2D eigenvalue weighted by molar-refractivity contribution is 4.77. The predicted octanol–water partition coefficient (Wildman–Crippen LogP) is 1.03. The van der Waals surface area contributed by atoms with Gasteiger partial charge in [0.15, 0.2) is 0 Å². The van der Waals surface area contributed by atoms with Crippen molar-refractivity contribution in [3.63, 3.8) is 0 Å². The zero-order valence-corrected chi connectivity index (χ0v) is 5.12. The van der Waals surface area contributed by atoms with Gasteiger partial charge < -0.3 is 5.73 Å². The van der Waals surface area contributed by atoms with Gasteiger partial charge in [-0.25, -0.2) is 8.78 Å². The molecule has 8 heavy (non-hydrogen) atoms. The molecule has 0 saturated heterocycles. The van der Waals surface area contributed by atoms with Gasteiger partial charge in [0.2, 0.25) is 0 Å². The molecule has 0 saturated carbocycles. The lowest BCUT2D eigenvalue weighted by molar-refractivity contribution is 0.0910. The van der Waals surface area contributed by atoms with Crippen LogP contribution in [0.4, 0.5) is 8.78 Å². The van der Waals surface area contributed by atoms with Crippen molar-refractivity contribution in [3.05, 3.63) is 0 Å². The molecule has 0 unspecified atom stereocenters. The Kier molecular flexibility index (Phi) is 2.34. The van der Waals surface area contributed by atoms with Crippen LogP contribution < -0.4 is 5.73 Å².